The van der Waals surface area contributed by atoms with Crippen molar-refractivity contribution in [2.45, 2.75) is 58.4 Å². The number of amides is 1. The lowest BCUT2D eigenvalue weighted by atomic mass is 9.83. The van der Waals surface area contributed by atoms with Crippen LogP contribution in [0.3, 0.4) is 0 Å². The van der Waals surface area contributed by atoms with Gasteiger partial charge in [-0.15, -0.1) is 0 Å². The molecule has 0 aromatic carbocycles. The third-order valence-electron chi connectivity index (χ3n) is 5.27. The quantitative estimate of drug-likeness (QED) is 0.774. The van der Waals surface area contributed by atoms with Crippen LogP contribution in [-0.2, 0) is 9.53 Å². The predicted molar refractivity (Wildman–Crippen MR) is 73.8 cm³/mol. The molecular weight excluding hydrogens is 242 g/mol. The van der Waals surface area contributed by atoms with Gasteiger partial charge in [-0.1, -0.05) is 13.8 Å². The molecule has 19 heavy (non-hydrogen) atoms. The minimum Gasteiger partial charge on any atom is -0.396 e. The van der Waals surface area contributed by atoms with E-state index in [1.807, 2.05) is 0 Å². The van der Waals surface area contributed by atoms with Gasteiger partial charge in [0.25, 0.3) is 0 Å². The molecule has 110 valence electrons. The van der Waals surface area contributed by atoms with Crippen molar-refractivity contribution in [3.8, 4) is 0 Å². The van der Waals surface area contributed by atoms with Crippen molar-refractivity contribution < 1.29 is 14.6 Å². The molecule has 1 atom stereocenters. The number of aliphatic hydroxyl groups excluding tert-OH is 1. The summed E-state index contributed by atoms with van der Waals surface area (Å²) < 4.78 is 5.43. The summed E-state index contributed by atoms with van der Waals surface area (Å²) >= 11 is 0. The van der Waals surface area contributed by atoms with E-state index in [4.69, 9.17) is 4.74 Å². The van der Waals surface area contributed by atoms with Crippen LogP contribution in [0.15, 0.2) is 0 Å². The zero-order valence-electron chi connectivity index (χ0n) is 12.2. The van der Waals surface area contributed by atoms with E-state index in [9.17, 15) is 9.90 Å². The molecule has 4 heteroatoms. The van der Waals surface area contributed by atoms with Gasteiger partial charge in [-0.05, 0) is 43.9 Å². The summed E-state index contributed by atoms with van der Waals surface area (Å²) in [6.07, 6.45) is 5.38. The maximum absolute atomic E-state index is 12.7. The molecule has 1 saturated heterocycles. The van der Waals surface area contributed by atoms with Crippen molar-refractivity contribution in [2.24, 2.45) is 10.8 Å². The van der Waals surface area contributed by atoms with E-state index in [0.29, 0.717) is 6.42 Å². The minimum atomic E-state index is -0.325. The smallest absolute Gasteiger partial charge is 0.227 e. The van der Waals surface area contributed by atoms with Crippen LogP contribution in [0.2, 0.25) is 0 Å². The van der Waals surface area contributed by atoms with Crippen molar-refractivity contribution in [1.82, 2.24) is 5.32 Å². The monoisotopic (exact) mass is 269 g/mol. The first-order valence-electron chi connectivity index (χ1n) is 7.63. The molecule has 1 unspecified atom stereocenters. The van der Waals surface area contributed by atoms with Crippen LogP contribution in [0.4, 0.5) is 0 Å². The summed E-state index contributed by atoms with van der Waals surface area (Å²) in [5, 5.41) is 12.5. The summed E-state index contributed by atoms with van der Waals surface area (Å²) in [5.74, 6) is 0.164. The van der Waals surface area contributed by atoms with Crippen LogP contribution in [0.1, 0.15) is 52.4 Å². The summed E-state index contributed by atoms with van der Waals surface area (Å²) in [6, 6.07) is 0.264. The number of carbonyl (C=O) groups is 1. The maximum Gasteiger partial charge on any atom is 0.227 e. The number of hydrogen-bond donors (Lipinski definition) is 2. The number of hydrogen-bond acceptors (Lipinski definition) is 3. The predicted octanol–water partition coefficient (Wildman–Crippen LogP) is 1.86. The third-order valence-corrected chi connectivity index (χ3v) is 5.27. The van der Waals surface area contributed by atoms with Crippen LogP contribution in [-0.4, -0.2) is 36.9 Å². The maximum atomic E-state index is 12.7. The van der Waals surface area contributed by atoms with Crippen molar-refractivity contribution in [1.29, 1.82) is 0 Å². The average molecular weight is 269 g/mol. The number of carbonyl (C=O) groups excluding carboxylic acids is 1. The topological polar surface area (TPSA) is 58.6 Å². The van der Waals surface area contributed by atoms with Crippen molar-refractivity contribution in [3.63, 3.8) is 0 Å². The number of rotatable bonds is 6. The van der Waals surface area contributed by atoms with E-state index in [2.05, 4.69) is 19.2 Å². The molecule has 2 fully saturated rings. The largest absolute Gasteiger partial charge is 0.396 e. The fourth-order valence-corrected chi connectivity index (χ4v) is 3.75. The first-order valence-corrected chi connectivity index (χ1v) is 7.63. The molecular formula is C15H27NO3. The van der Waals surface area contributed by atoms with Gasteiger partial charge in [-0.2, -0.15) is 0 Å². The molecule has 4 nitrogen and oxygen atoms in total. The van der Waals surface area contributed by atoms with Gasteiger partial charge in [0, 0.05) is 25.9 Å². The Morgan fingerprint density at radius 1 is 1.32 bits per heavy atom. The first kappa shape index (κ1) is 14.8. The highest BCUT2D eigenvalue weighted by Gasteiger charge is 2.70. The molecule has 0 aromatic rings. The molecule has 2 rings (SSSR count). The standard InChI is InChI=1S/C15H27NO3/c1-3-12(4-2)16-13(18)15(5-8-17)11-14(15)6-9-19-10-7-14/h12,17H,3-11H2,1-2H3,(H,16,18). The molecule has 0 aromatic heterocycles. The van der Waals surface area contributed by atoms with E-state index < -0.39 is 0 Å². The van der Waals surface area contributed by atoms with E-state index >= 15 is 0 Å². The number of ether oxygens (including phenoxy) is 1. The van der Waals surface area contributed by atoms with Crippen molar-refractivity contribution >= 4 is 5.91 Å². The Hall–Kier alpha value is -0.610. The Bertz CT molecular complexity index is 321. The second-order valence-electron chi connectivity index (χ2n) is 6.11. The summed E-state index contributed by atoms with van der Waals surface area (Å²) in [6.45, 7) is 5.81. The average Bonchev–Trinajstić information content (AvgIpc) is 3.04. The highest BCUT2D eigenvalue weighted by atomic mass is 16.5. The van der Waals surface area contributed by atoms with E-state index in [0.717, 1.165) is 45.3 Å². The van der Waals surface area contributed by atoms with Gasteiger partial charge < -0.3 is 15.2 Å². The molecule has 2 N–H and O–H groups in total. The van der Waals surface area contributed by atoms with E-state index in [-0.39, 0.29) is 29.4 Å². The van der Waals surface area contributed by atoms with Gasteiger partial charge in [0.05, 0.1) is 5.41 Å². The van der Waals surface area contributed by atoms with Crippen LogP contribution >= 0.6 is 0 Å². The lowest BCUT2D eigenvalue weighted by molar-refractivity contribution is -0.130. The molecule has 1 heterocycles. The number of aliphatic hydroxyl groups is 1. The lowest BCUT2D eigenvalue weighted by Crippen LogP contribution is -2.42. The summed E-state index contributed by atoms with van der Waals surface area (Å²) in [5.41, 5.74) is -0.224. The van der Waals surface area contributed by atoms with Crippen LogP contribution in [0, 0.1) is 10.8 Å². The summed E-state index contributed by atoms with van der Waals surface area (Å²) in [4.78, 5) is 12.7. The first-order chi connectivity index (χ1) is 9.14. The molecule has 1 spiro atoms. The zero-order chi connectivity index (χ0) is 13.9. The Kier molecular flexibility index (Phi) is 4.51. The van der Waals surface area contributed by atoms with Gasteiger partial charge in [-0.25, -0.2) is 0 Å². The molecule has 0 radical (unpaired) electrons. The molecule has 0 bridgehead atoms. The van der Waals surface area contributed by atoms with Gasteiger partial charge >= 0.3 is 0 Å². The SMILES string of the molecule is CCC(CC)NC(=O)C1(CCO)CC12CCOCC2. The van der Waals surface area contributed by atoms with Crippen LogP contribution in [0.25, 0.3) is 0 Å². The third kappa shape index (κ3) is 2.52. The number of nitrogens with one attached hydrogen (secondary N) is 1. The Morgan fingerprint density at radius 2 is 1.95 bits per heavy atom. The summed E-state index contributed by atoms with van der Waals surface area (Å²) in [7, 11) is 0. The second-order valence-corrected chi connectivity index (χ2v) is 6.11. The molecule has 1 saturated carbocycles. The van der Waals surface area contributed by atoms with Gasteiger partial charge in [0.1, 0.15) is 0 Å². The van der Waals surface area contributed by atoms with E-state index in [1.54, 1.807) is 0 Å². The fourth-order valence-electron chi connectivity index (χ4n) is 3.75. The van der Waals surface area contributed by atoms with Crippen molar-refractivity contribution in [3.05, 3.63) is 0 Å². The lowest BCUT2D eigenvalue weighted by Gasteiger charge is -2.29. The van der Waals surface area contributed by atoms with Crippen LogP contribution < -0.4 is 5.32 Å². The van der Waals surface area contributed by atoms with Gasteiger partial charge in [0.15, 0.2) is 0 Å². The molecule has 1 aliphatic carbocycles. The fraction of sp³-hybridized carbons (Fsp3) is 0.933. The van der Waals surface area contributed by atoms with Crippen molar-refractivity contribution in [2.75, 3.05) is 19.8 Å². The van der Waals surface area contributed by atoms with Gasteiger partial charge in [-0.3, -0.25) is 4.79 Å². The highest BCUT2D eigenvalue weighted by Crippen LogP contribution is 2.70. The normalized spacial score (nSPS) is 28.6. The van der Waals surface area contributed by atoms with Crippen LogP contribution in [0.5, 0.6) is 0 Å². The Morgan fingerprint density at radius 3 is 2.47 bits per heavy atom. The van der Waals surface area contributed by atoms with E-state index in [1.165, 1.54) is 0 Å². The Balaban J connectivity index is 2.06. The second kappa shape index (κ2) is 5.80. The Labute approximate surface area is 115 Å². The minimum absolute atomic E-state index is 0.0962. The highest BCUT2D eigenvalue weighted by molar-refractivity contribution is 5.87. The van der Waals surface area contributed by atoms with Gasteiger partial charge in [0.2, 0.25) is 5.91 Å². The molecule has 1 amide bonds. The molecule has 2 aliphatic rings. The zero-order valence-corrected chi connectivity index (χ0v) is 12.2. The molecule has 1 aliphatic heterocycles.